The smallest absolute Gasteiger partial charge is 0.0859 e. The zero-order chi connectivity index (χ0) is 14.1. The summed E-state index contributed by atoms with van der Waals surface area (Å²) in [4.78, 5) is 0. The van der Waals surface area contributed by atoms with E-state index in [9.17, 15) is 5.11 Å². The molecule has 1 rings (SSSR count). The first kappa shape index (κ1) is 16.9. The lowest BCUT2D eigenvalue weighted by Gasteiger charge is -2.36. The lowest BCUT2D eigenvalue weighted by Crippen LogP contribution is -2.53. The SMILES string of the molecule is CCCCCCCCOCC1OCC(N)[C@H](O)[C@@H]1C. The molecule has 0 aliphatic carbocycles. The number of nitrogens with two attached hydrogens (primary N) is 1. The van der Waals surface area contributed by atoms with Crippen LogP contribution >= 0.6 is 0 Å². The summed E-state index contributed by atoms with van der Waals surface area (Å²) in [6.45, 7) is 5.99. The number of rotatable bonds is 9. The molecule has 1 aliphatic rings. The fraction of sp³-hybridized carbons (Fsp3) is 1.00. The van der Waals surface area contributed by atoms with Crippen LogP contribution in [0.5, 0.6) is 0 Å². The Bertz CT molecular complexity index is 225. The Balaban J connectivity index is 2.00. The quantitative estimate of drug-likeness (QED) is 0.631. The molecule has 0 aromatic carbocycles. The van der Waals surface area contributed by atoms with E-state index in [-0.39, 0.29) is 18.1 Å². The summed E-state index contributed by atoms with van der Waals surface area (Å²) >= 11 is 0. The molecule has 19 heavy (non-hydrogen) atoms. The van der Waals surface area contributed by atoms with Gasteiger partial charge in [0, 0.05) is 12.5 Å². The fourth-order valence-electron chi connectivity index (χ4n) is 2.48. The van der Waals surface area contributed by atoms with Crippen LogP contribution in [0.4, 0.5) is 0 Å². The Morgan fingerprint density at radius 1 is 1.21 bits per heavy atom. The fourth-order valence-corrected chi connectivity index (χ4v) is 2.48. The van der Waals surface area contributed by atoms with Crippen molar-refractivity contribution in [1.82, 2.24) is 0 Å². The zero-order valence-electron chi connectivity index (χ0n) is 12.5. The van der Waals surface area contributed by atoms with Gasteiger partial charge in [0.05, 0.1) is 31.5 Å². The third-order valence-electron chi connectivity index (χ3n) is 3.99. The summed E-state index contributed by atoms with van der Waals surface area (Å²) < 4.78 is 11.3. The minimum atomic E-state index is -0.476. The summed E-state index contributed by atoms with van der Waals surface area (Å²) in [5.74, 6) is 0.0494. The highest BCUT2D eigenvalue weighted by Crippen LogP contribution is 2.20. The van der Waals surface area contributed by atoms with E-state index in [1.165, 1.54) is 32.1 Å². The molecular formula is C15H31NO3. The van der Waals surface area contributed by atoms with Crippen molar-refractivity contribution in [2.45, 2.75) is 70.6 Å². The normalized spacial score (nSPS) is 31.6. The number of hydrogen-bond acceptors (Lipinski definition) is 4. The third-order valence-corrected chi connectivity index (χ3v) is 3.99. The van der Waals surface area contributed by atoms with E-state index in [1.807, 2.05) is 6.92 Å². The maximum atomic E-state index is 9.88. The highest BCUT2D eigenvalue weighted by molar-refractivity contribution is 4.86. The molecule has 4 atom stereocenters. The summed E-state index contributed by atoms with van der Waals surface area (Å²) in [7, 11) is 0. The molecule has 2 unspecified atom stereocenters. The van der Waals surface area contributed by atoms with Gasteiger partial charge < -0.3 is 20.3 Å². The lowest BCUT2D eigenvalue weighted by molar-refractivity contribution is -0.123. The molecule has 0 aromatic rings. The minimum absolute atomic E-state index is 0.0186. The van der Waals surface area contributed by atoms with Gasteiger partial charge in [-0.1, -0.05) is 46.0 Å². The molecule has 4 heteroatoms. The van der Waals surface area contributed by atoms with Crippen LogP contribution in [0.2, 0.25) is 0 Å². The Kier molecular flexibility index (Phi) is 8.62. The predicted octanol–water partition coefficient (Wildman–Crippen LogP) is 2.09. The Morgan fingerprint density at radius 2 is 1.89 bits per heavy atom. The molecule has 0 spiro atoms. The number of hydrogen-bond donors (Lipinski definition) is 2. The van der Waals surface area contributed by atoms with Crippen LogP contribution < -0.4 is 5.73 Å². The van der Waals surface area contributed by atoms with Crippen LogP contribution in [0.1, 0.15) is 52.4 Å². The van der Waals surface area contributed by atoms with Crippen LogP contribution in [0.25, 0.3) is 0 Å². The number of ether oxygens (including phenoxy) is 2. The van der Waals surface area contributed by atoms with Crippen molar-refractivity contribution in [2.75, 3.05) is 19.8 Å². The first-order valence-corrected chi connectivity index (χ1v) is 7.79. The molecule has 1 heterocycles. The van der Waals surface area contributed by atoms with Crippen molar-refractivity contribution in [2.24, 2.45) is 11.7 Å². The van der Waals surface area contributed by atoms with Crippen LogP contribution in [0.3, 0.4) is 0 Å². The van der Waals surface area contributed by atoms with E-state index in [0.717, 1.165) is 13.0 Å². The molecular weight excluding hydrogens is 242 g/mol. The van der Waals surface area contributed by atoms with Crippen LogP contribution in [-0.2, 0) is 9.47 Å². The maximum Gasteiger partial charge on any atom is 0.0859 e. The molecule has 0 saturated carbocycles. The lowest BCUT2D eigenvalue weighted by atomic mass is 9.91. The zero-order valence-corrected chi connectivity index (χ0v) is 12.5. The second kappa shape index (κ2) is 9.70. The van der Waals surface area contributed by atoms with Gasteiger partial charge >= 0.3 is 0 Å². The molecule has 1 fully saturated rings. The van der Waals surface area contributed by atoms with Crippen molar-refractivity contribution in [3.05, 3.63) is 0 Å². The second-order valence-corrected chi connectivity index (χ2v) is 5.73. The van der Waals surface area contributed by atoms with E-state index in [2.05, 4.69) is 6.92 Å². The largest absolute Gasteiger partial charge is 0.391 e. The highest BCUT2D eigenvalue weighted by Gasteiger charge is 2.34. The predicted molar refractivity (Wildman–Crippen MR) is 77.1 cm³/mol. The monoisotopic (exact) mass is 273 g/mol. The van der Waals surface area contributed by atoms with E-state index < -0.39 is 6.10 Å². The molecule has 1 saturated heterocycles. The first-order valence-electron chi connectivity index (χ1n) is 7.79. The van der Waals surface area contributed by atoms with Gasteiger partial charge in [0.2, 0.25) is 0 Å². The molecule has 0 aromatic heterocycles. The summed E-state index contributed by atoms with van der Waals surface area (Å²) in [6, 6.07) is -0.259. The molecule has 114 valence electrons. The van der Waals surface area contributed by atoms with E-state index in [4.69, 9.17) is 15.2 Å². The maximum absolute atomic E-state index is 9.88. The molecule has 1 aliphatic heterocycles. The standard InChI is InChI=1S/C15H31NO3/c1-3-4-5-6-7-8-9-18-11-14-12(2)15(17)13(16)10-19-14/h12-15,17H,3-11,16H2,1-2H3/t12-,13?,14?,15-/m1/s1. The summed E-state index contributed by atoms with van der Waals surface area (Å²) in [5, 5.41) is 9.88. The van der Waals surface area contributed by atoms with Gasteiger partial charge in [0.15, 0.2) is 0 Å². The van der Waals surface area contributed by atoms with Crippen LogP contribution in [0.15, 0.2) is 0 Å². The van der Waals surface area contributed by atoms with Gasteiger partial charge in [-0.15, -0.1) is 0 Å². The summed E-state index contributed by atoms with van der Waals surface area (Å²) in [5.41, 5.74) is 5.75. The number of unbranched alkanes of at least 4 members (excludes halogenated alkanes) is 5. The molecule has 4 nitrogen and oxygen atoms in total. The van der Waals surface area contributed by atoms with Gasteiger partial charge in [-0.05, 0) is 6.42 Å². The van der Waals surface area contributed by atoms with Gasteiger partial charge in [0.25, 0.3) is 0 Å². The van der Waals surface area contributed by atoms with Crippen LogP contribution in [-0.4, -0.2) is 43.2 Å². The average molecular weight is 273 g/mol. The van der Waals surface area contributed by atoms with Crippen molar-refractivity contribution < 1.29 is 14.6 Å². The Hall–Kier alpha value is -0.160. The second-order valence-electron chi connectivity index (χ2n) is 5.73. The van der Waals surface area contributed by atoms with E-state index >= 15 is 0 Å². The van der Waals surface area contributed by atoms with Crippen molar-refractivity contribution in [3.8, 4) is 0 Å². The molecule has 3 N–H and O–H groups in total. The van der Waals surface area contributed by atoms with Gasteiger partial charge in [-0.25, -0.2) is 0 Å². The van der Waals surface area contributed by atoms with Crippen molar-refractivity contribution >= 4 is 0 Å². The Morgan fingerprint density at radius 3 is 2.63 bits per heavy atom. The molecule has 0 radical (unpaired) electrons. The first-order chi connectivity index (χ1) is 9.16. The minimum Gasteiger partial charge on any atom is -0.391 e. The molecule has 0 amide bonds. The van der Waals surface area contributed by atoms with Gasteiger partial charge in [0.1, 0.15) is 0 Å². The third kappa shape index (κ3) is 6.21. The topological polar surface area (TPSA) is 64.7 Å². The van der Waals surface area contributed by atoms with Crippen LogP contribution in [0, 0.1) is 5.92 Å². The van der Waals surface area contributed by atoms with Crippen molar-refractivity contribution in [3.63, 3.8) is 0 Å². The number of aliphatic hydroxyl groups is 1. The number of aliphatic hydroxyl groups excluding tert-OH is 1. The van der Waals surface area contributed by atoms with E-state index in [0.29, 0.717) is 13.2 Å². The van der Waals surface area contributed by atoms with E-state index in [1.54, 1.807) is 0 Å². The van der Waals surface area contributed by atoms with Gasteiger partial charge in [-0.3, -0.25) is 0 Å². The summed E-state index contributed by atoms with van der Waals surface area (Å²) in [6.07, 6.45) is 7.14. The highest BCUT2D eigenvalue weighted by atomic mass is 16.5. The van der Waals surface area contributed by atoms with Crippen molar-refractivity contribution in [1.29, 1.82) is 0 Å². The average Bonchev–Trinajstić information content (AvgIpc) is 2.41. The Labute approximate surface area is 117 Å². The van der Waals surface area contributed by atoms with Gasteiger partial charge in [-0.2, -0.15) is 0 Å². The molecule has 0 bridgehead atoms.